The van der Waals surface area contributed by atoms with Gasteiger partial charge in [0, 0.05) is 68.7 Å². The number of amides is 1. The molecule has 0 aliphatic carbocycles. The summed E-state index contributed by atoms with van der Waals surface area (Å²) in [6.07, 6.45) is 1.36. The maximum Gasteiger partial charge on any atom is 0.268 e. The van der Waals surface area contributed by atoms with Crippen LogP contribution in [0.4, 0.5) is 17.1 Å². The molecule has 1 unspecified atom stereocenters. The van der Waals surface area contributed by atoms with E-state index in [1.54, 1.807) is 7.11 Å². The first kappa shape index (κ1) is 23.8. The van der Waals surface area contributed by atoms with Crippen LogP contribution in [-0.4, -0.2) is 83.0 Å². The summed E-state index contributed by atoms with van der Waals surface area (Å²) in [5.74, 6) is 1.51. The van der Waals surface area contributed by atoms with Crippen LogP contribution in [0, 0.1) is 0 Å². The third-order valence-electron chi connectivity index (χ3n) is 7.38. The number of ether oxygens (including phenoxy) is 3. The fourth-order valence-corrected chi connectivity index (χ4v) is 5.00. The number of aryl methyl sites for hydroxylation is 1. The summed E-state index contributed by atoms with van der Waals surface area (Å²) in [4.78, 5) is 20.4. The lowest BCUT2D eigenvalue weighted by molar-refractivity contribution is -0.131. The minimum Gasteiger partial charge on any atom is -0.497 e. The van der Waals surface area contributed by atoms with Crippen LogP contribution in [0.1, 0.15) is 18.9 Å². The molecule has 0 spiro atoms. The second-order valence-corrected chi connectivity index (χ2v) is 9.86. The number of carbonyl (C=O) groups excluding carboxylic acids is 1. The molecule has 3 aliphatic heterocycles. The van der Waals surface area contributed by atoms with Gasteiger partial charge in [0.2, 0.25) is 0 Å². The number of methoxy groups -OCH3 is 1. The van der Waals surface area contributed by atoms with E-state index in [1.165, 1.54) is 0 Å². The van der Waals surface area contributed by atoms with E-state index < -0.39 is 5.60 Å². The van der Waals surface area contributed by atoms with E-state index in [4.69, 9.17) is 14.2 Å². The molecular weight excluding hydrogens is 444 g/mol. The second-order valence-electron chi connectivity index (χ2n) is 9.86. The zero-order valence-electron chi connectivity index (χ0n) is 21.0. The average Bonchev–Trinajstić information content (AvgIpc) is 2.89. The van der Waals surface area contributed by atoms with E-state index in [9.17, 15) is 4.79 Å². The molecule has 2 fully saturated rings. The quantitative estimate of drug-likeness (QED) is 0.706. The molecule has 1 amide bonds. The number of anilines is 3. The predicted molar refractivity (Wildman–Crippen MR) is 138 cm³/mol. The van der Waals surface area contributed by atoms with Gasteiger partial charge in [-0.2, -0.15) is 0 Å². The fraction of sp³-hybridized carbons (Fsp3) is 0.519. The van der Waals surface area contributed by atoms with Gasteiger partial charge in [0.25, 0.3) is 5.91 Å². The van der Waals surface area contributed by atoms with E-state index in [2.05, 4.69) is 39.2 Å². The first-order chi connectivity index (χ1) is 16.9. The van der Waals surface area contributed by atoms with Crippen LogP contribution in [0.25, 0.3) is 0 Å². The van der Waals surface area contributed by atoms with Gasteiger partial charge in [-0.05, 0) is 50.7 Å². The summed E-state index contributed by atoms with van der Waals surface area (Å²) in [7, 11) is 3.84. The van der Waals surface area contributed by atoms with Crippen LogP contribution < -0.4 is 24.6 Å². The molecule has 2 aromatic rings. The number of likely N-dealkylation sites (N-methyl/N-ethyl adjacent to an activating group) is 1. The van der Waals surface area contributed by atoms with Gasteiger partial charge in [0.15, 0.2) is 5.60 Å². The highest BCUT2D eigenvalue weighted by atomic mass is 16.5. The minimum atomic E-state index is -0.953. The maximum absolute atomic E-state index is 13.4. The first-order valence-electron chi connectivity index (χ1n) is 12.5. The zero-order chi connectivity index (χ0) is 24.4. The first-order valence-corrected chi connectivity index (χ1v) is 12.5. The lowest BCUT2D eigenvalue weighted by atomic mass is 9.90. The average molecular weight is 481 g/mol. The molecular formula is C27H36N4O4. The van der Waals surface area contributed by atoms with E-state index in [-0.39, 0.29) is 5.91 Å². The van der Waals surface area contributed by atoms with Gasteiger partial charge in [-0.1, -0.05) is 0 Å². The monoisotopic (exact) mass is 480 g/mol. The predicted octanol–water partition coefficient (Wildman–Crippen LogP) is 3.01. The van der Waals surface area contributed by atoms with Crippen LogP contribution in [0.5, 0.6) is 11.5 Å². The molecule has 1 N–H and O–H groups in total. The highest BCUT2D eigenvalue weighted by molar-refractivity contribution is 5.98. The van der Waals surface area contributed by atoms with E-state index in [1.807, 2.05) is 31.2 Å². The summed E-state index contributed by atoms with van der Waals surface area (Å²) in [6.45, 7) is 8.97. The van der Waals surface area contributed by atoms with Crippen molar-refractivity contribution in [3.05, 3.63) is 42.0 Å². The molecule has 3 aliphatic rings. The number of piperazine rings is 1. The molecule has 0 aromatic heterocycles. The maximum atomic E-state index is 13.4. The standard InChI is InChI=1S/C27H36N4O4/c1-27(26(32)28-21-4-6-22(7-5-21)30-14-16-34-17-15-30)9-8-20-18-23(33-3)19-24(25(20)35-27)31-12-10-29(2)11-13-31/h4-7,18-19H,8-17H2,1-3H3,(H,28,32). The Morgan fingerprint density at radius 2 is 1.71 bits per heavy atom. The number of morpholine rings is 1. The third-order valence-corrected chi connectivity index (χ3v) is 7.38. The number of nitrogens with zero attached hydrogens (tertiary/aromatic N) is 3. The second kappa shape index (κ2) is 9.95. The topological polar surface area (TPSA) is 66.5 Å². The van der Waals surface area contributed by atoms with Crippen LogP contribution in [-0.2, 0) is 16.0 Å². The molecule has 0 radical (unpaired) electrons. The van der Waals surface area contributed by atoms with Crippen molar-refractivity contribution >= 4 is 23.0 Å². The van der Waals surface area contributed by atoms with Crippen molar-refractivity contribution in [2.24, 2.45) is 0 Å². The van der Waals surface area contributed by atoms with Crippen LogP contribution in [0.15, 0.2) is 36.4 Å². The van der Waals surface area contributed by atoms with Crippen LogP contribution in [0.3, 0.4) is 0 Å². The Morgan fingerprint density at radius 3 is 2.40 bits per heavy atom. The molecule has 0 bridgehead atoms. The van der Waals surface area contributed by atoms with E-state index in [0.29, 0.717) is 6.42 Å². The number of hydrogen-bond acceptors (Lipinski definition) is 7. The smallest absolute Gasteiger partial charge is 0.268 e. The fourth-order valence-electron chi connectivity index (χ4n) is 5.00. The van der Waals surface area contributed by atoms with Crippen molar-refractivity contribution in [1.82, 2.24) is 4.90 Å². The van der Waals surface area contributed by atoms with Crippen molar-refractivity contribution in [2.45, 2.75) is 25.4 Å². The summed E-state index contributed by atoms with van der Waals surface area (Å²) in [5, 5.41) is 3.09. The van der Waals surface area contributed by atoms with E-state index in [0.717, 1.165) is 93.0 Å². The Kier molecular flexibility index (Phi) is 6.75. The van der Waals surface area contributed by atoms with Gasteiger partial charge in [-0.15, -0.1) is 0 Å². The van der Waals surface area contributed by atoms with Crippen LogP contribution >= 0.6 is 0 Å². The lowest BCUT2D eigenvalue weighted by Crippen LogP contribution is -2.49. The molecule has 2 saturated heterocycles. The van der Waals surface area contributed by atoms with Crippen molar-refractivity contribution in [1.29, 1.82) is 0 Å². The largest absolute Gasteiger partial charge is 0.497 e. The number of hydrogen-bond donors (Lipinski definition) is 1. The molecule has 0 saturated carbocycles. The molecule has 1 atom stereocenters. The SMILES string of the molecule is COc1cc2c(c(N3CCN(C)CC3)c1)OC(C)(C(=O)Nc1ccc(N3CCOCC3)cc1)CC2. The number of rotatable bonds is 5. The Hall–Kier alpha value is -2.97. The van der Waals surface area contributed by atoms with Gasteiger partial charge in [0.05, 0.1) is 26.0 Å². The number of benzene rings is 2. The highest BCUT2D eigenvalue weighted by Crippen LogP contribution is 2.44. The lowest BCUT2D eigenvalue weighted by Gasteiger charge is -2.40. The molecule has 35 heavy (non-hydrogen) atoms. The summed E-state index contributed by atoms with van der Waals surface area (Å²) in [6, 6.07) is 12.1. The van der Waals surface area contributed by atoms with Crippen molar-refractivity contribution < 1.29 is 19.0 Å². The molecule has 8 nitrogen and oxygen atoms in total. The molecule has 8 heteroatoms. The Bertz CT molecular complexity index is 1050. The Labute approximate surface area is 207 Å². The van der Waals surface area contributed by atoms with Gasteiger partial charge in [0.1, 0.15) is 11.5 Å². The van der Waals surface area contributed by atoms with Gasteiger partial charge in [-0.3, -0.25) is 4.79 Å². The summed E-state index contributed by atoms with van der Waals surface area (Å²) >= 11 is 0. The van der Waals surface area contributed by atoms with Gasteiger partial charge < -0.3 is 34.2 Å². The molecule has 5 rings (SSSR count). The zero-order valence-corrected chi connectivity index (χ0v) is 21.0. The van der Waals surface area contributed by atoms with Crippen molar-refractivity contribution in [3.63, 3.8) is 0 Å². The molecule has 2 aromatic carbocycles. The van der Waals surface area contributed by atoms with Crippen molar-refractivity contribution in [3.8, 4) is 11.5 Å². The summed E-state index contributed by atoms with van der Waals surface area (Å²) < 4.78 is 17.6. The highest BCUT2D eigenvalue weighted by Gasteiger charge is 2.41. The number of carbonyl (C=O) groups is 1. The number of fused-ring (bicyclic) bond motifs is 1. The van der Waals surface area contributed by atoms with Gasteiger partial charge in [-0.25, -0.2) is 0 Å². The minimum absolute atomic E-state index is 0.123. The molecule has 188 valence electrons. The molecule has 3 heterocycles. The van der Waals surface area contributed by atoms with Crippen molar-refractivity contribution in [2.75, 3.05) is 81.8 Å². The van der Waals surface area contributed by atoms with Gasteiger partial charge >= 0.3 is 0 Å². The van der Waals surface area contributed by atoms with Crippen LogP contribution in [0.2, 0.25) is 0 Å². The Morgan fingerprint density at radius 1 is 1.00 bits per heavy atom. The van der Waals surface area contributed by atoms with E-state index >= 15 is 0 Å². The normalized spacial score (nSPS) is 22.8. The number of nitrogens with one attached hydrogen (secondary N) is 1. The third kappa shape index (κ3) is 5.04. The summed E-state index contributed by atoms with van der Waals surface area (Å²) in [5.41, 5.74) is 3.08. The Balaban J connectivity index is 1.33.